The number of phosphoric acid groups is 1. The number of hydrogen-bond donors (Lipinski definition) is 2. The summed E-state index contributed by atoms with van der Waals surface area (Å²) in [6, 6.07) is 0. The molecular formula is H7BCaKO4PSr. The fourth-order valence-corrected chi connectivity index (χ4v) is 0. The predicted molar refractivity (Wildman–Crippen MR) is 36.0 cm³/mol. The first kappa shape index (κ1) is 23.4. The summed E-state index contributed by atoms with van der Waals surface area (Å²) in [6.45, 7) is 0. The van der Waals surface area contributed by atoms with E-state index in [1.807, 2.05) is 0 Å². The van der Waals surface area contributed by atoms with E-state index in [1.54, 1.807) is 0 Å². The van der Waals surface area contributed by atoms with Gasteiger partial charge in [-0.05, 0) is 0 Å². The maximum Gasteiger partial charge on any atom is 2.00 e. The first-order chi connectivity index (χ1) is 2.56. The Labute approximate surface area is 172 Å². The van der Waals surface area contributed by atoms with Crippen molar-refractivity contribution >= 4 is 99.1 Å². The summed E-state index contributed by atoms with van der Waals surface area (Å²) in [5, 5.41) is 0. The van der Waals surface area contributed by atoms with Crippen LogP contribution in [0.25, 0.3) is 0 Å². The third-order valence-corrected chi connectivity index (χ3v) is 0.412. The van der Waals surface area contributed by atoms with Gasteiger partial charge in [0.15, 0.2) is 0 Å². The van der Waals surface area contributed by atoms with Gasteiger partial charge in [0, 0.05) is 0 Å². The van der Waals surface area contributed by atoms with E-state index < -0.39 is 7.82 Å². The van der Waals surface area contributed by atoms with E-state index in [4.69, 9.17) is 9.79 Å². The topological polar surface area (TPSA) is 66.8 Å². The van der Waals surface area contributed by atoms with Gasteiger partial charge in [-0.15, -0.1) is 0 Å². The molecule has 0 aliphatic carbocycles. The Morgan fingerprint density at radius 3 is 1.67 bits per heavy atom. The second-order valence-corrected chi connectivity index (χ2v) is 1.79. The van der Waals surface area contributed by atoms with E-state index in [-0.39, 0.29) is 142 Å². The van der Waals surface area contributed by atoms with E-state index in [2.05, 4.69) is 12.5 Å². The molecule has 4 nitrogen and oxygen atoms in total. The minimum absolute atomic E-state index is 0. The molecule has 0 aromatic rings. The zero-order valence-corrected chi connectivity index (χ0v) is 14.9. The standard InChI is InChI=1S/BH2O4P.Ca.K.Sr.5H/c1-5-6(2,3)4;;;;;;;;/h(H2,2,3,4);;;;;;;;/q;+2;+1;+2;5*-1. The van der Waals surface area contributed by atoms with Gasteiger partial charge >= 0.3 is 142 Å². The summed E-state index contributed by atoms with van der Waals surface area (Å²) < 4.78 is 12.5. The van der Waals surface area contributed by atoms with Crippen LogP contribution in [0, 0.1) is 0 Å². The summed E-state index contributed by atoms with van der Waals surface area (Å²) in [4.78, 5) is 15.2. The summed E-state index contributed by atoms with van der Waals surface area (Å²) in [7, 11) is -0.326. The van der Waals surface area contributed by atoms with Crippen molar-refractivity contribution in [3.63, 3.8) is 0 Å². The molecule has 0 heterocycles. The molecule has 0 aromatic heterocycles. The van der Waals surface area contributed by atoms with Crippen LogP contribution in [0.1, 0.15) is 7.13 Å². The molecule has 0 saturated carbocycles. The van der Waals surface area contributed by atoms with Crippen LogP contribution >= 0.6 is 7.82 Å². The molecular weight excluding hydrogens is 273 g/mol. The molecule has 2 radical (unpaired) electrons. The molecule has 9 heteroatoms. The van der Waals surface area contributed by atoms with Crippen molar-refractivity contribution in [1.82, 2.24) is 0 Å². The molecule has 0 amide bonds. The average Bonchev–Trinajstić information content (AvgIpc) is 1.35. The summed E-state index contributed by atoms with van der Waals surface area (Å²) in [5.41, 5.74) is 0. The Hall–Kier alpha value is 4.55. The van der Waals surface area contributed by atoms with Crippen LogP contribution in [0.15, 0.2) is 0 Å². The Balaban J connectivity index is -0.00000000446. The van der Waals surface area contributed by atoms with Crippen LogP contribution in [0.3, 0.4) is 0 Å². The average molecular weight is 280 g/mol. The number of rotatable bonds is 1. The molecule has 2 N–H and O–H groups in total. The molecule has 0 aliphatic heterocycles. The fraction of sp³-hybridized carbons (Fsp3) is 0. The van der Waals surface area contributed by atoms with Gasteiger partial charge in [0.25, 0.3) is 8.05 Å². The molecule has 0 bridgehead atoms. The fourth-order valence-electron chi connectivity index (χ4n) is 0. The molecule has 0 saturated heterocycles. The van der Waals surface area contributed by atoms with E-state index in [0.29, 0.717) is 0 Å². The largest absolute Gasteiger partial charge is 2.00 e. The van der Waals surface area contributed by atoms with Gasteiger partial charge < -0.3 is 21.4 Å². The zero-order valence-electron chi connectivity index (χ0n) is 10.1. The van der Waals surface area contributed by atoms with Crippen LogP contribution in [-0.2, 0) is 9.01 Å². The van der Waals surface area contributed by atoms with Gasteiger partial charge in [0.05, 0.1) is 0 Å². The Morgan fingerprint density at radius 1 is 1.56 bits per heavy atom. The van der Waals surface area contributed by atoms with Crippen LogP contribution in [0.2, 0.25) is 0 Å². The van der Waals surface area contributed by atoms with Crippen LogP contribution in [0.4, 0.5) is 0 Å². The maximum atomic E-state index is 9.35. The van der Waals surface area contributed by atoms with Crippen molar-refractivity contribution in [2.75, 3.05) is 0 Å². The smallest absolute Gasteiger partial charge is 1.00 e. The normalized spacial score (nSPS) is 7.78. The SMILES string of the molecule is [B]OP(=O)(O)O.[Ca+2].[H-].[H-].[H-].[H-].[H-].[K+].[Sr+2]. The van der Waals surface area contributed by atoms with Gasteiger partial charge in [-0.3, -0.25) is 0 Å². The summed E-state index contributed by atoms with van der Waals surface area (Å²) in [5.74, 6) is 0. The Morgan fingerprint density at radius 2 is 1.67 bits per heavy atom. The zero-order chi connectivity index (χ0) is 5.21. The van der Waals surface area contributed by atoms with Crippen LogP contribution in [0.5, 0.6) is 0 Å². The molecule has 0 aliphatic rings. The van der Waals surface area contributed by atoms with Gasteiger partial charge in [-0.25, -0.2) is 4.57 Å². The van der Waals surface area contributed by atoms with Crippen molar-refractivity contribution < 1.29 is 77.3 Å². The van der Waals surface area contributed by atoms with Crippen molar-refractivity contribution in [2.45, 2.75) is 0 Å². The quantitative estimate of drug-likeness (QED) is 0.379. The molecule has 0 atom stereocenters. The monoisotopic (exact) mass is 280 g/mol. The van der Waals surface area contributed by atoms with E-state index in [0.717, 1.165) is 0 Å². The number of hydrogen-bond acceptors (Lipinski definition) is 2. The minimum atomic E-state index is -4.37. The minimum Gasteiger partial charge on any atom is -1.00 e. The van der Waals surface area contributed by atoms with Crippen molar-refractivity contribution in [3.8, 4) is 0 Å². The molecule has 0 unspecified atom stereocenters. The van der Waals surface area contributed by atoms with E-state index >= 15 is 0 Å². The van der Waals surface area contributed by atoms with Crippen molar-refractivity contribution in [2.24, 2.45) is 0 Å². The van der Waals surface area contributed by atoms with Crippen molar-refractivity contribution in [3.05, 3.63) is 0 Å². The molecule has 0 rings (SSSR count). The molecule has 0 fully saturated rings. The molecule has 44 valence electrons. The van der Waals surface area contributed by atoms with E-state index in [9.17, 15) is 4.57 Å². The van der Waals surface area contributed by atoms with Gasteiger partial charge in [-0.2, -0.15) is 0 Å². The summed E-state index contributed by atoms with van der Waals surface area (Å²) in [6.07, 6.45) is 0. The van der Waals surface area contributed by atoms with Crippen molar-refractivity contribution in [1.29, 1.82) is 0 Å². The van der Waals surface area contributed by atoms with Crippen LogP contribution < -0.4 is 51.4 Å². The van der Waals surface area contributed by atoms with Gasteiger partial charge in [0.1, 0.15) is 0 Å². The molecule has 0 aromatic carbocycles. The van der Waals surface area contributed by atoms with Crippen LogP contribution in [-0.4, -0.2) is 101 Å². The third kappa shape index (κ3) is 24.5. The van der Waals surface area contributed by atoms with E-state index in [1.165, 1.54) is 0 Å². The predicted octanol–water partition coefficient (Wildman–Crippen LogP) is -4.02. The summed E-state index contributed by atoms with van der Waals surface area (Å²) >= 11 is 0. The van der Waals surface area contributed by atoms with Gasteiger partial charge in [-0.1, -0.05) is 0 Å². The third-order valence-electron chi connectivity index (χ3n) is 0.137. The molecule has 0 spiro atoms. The second-order valence-electron chi connectivity index (χ2n) is 0.596. The van der Waals surface area contributed by atoms with Gasteiger partial charge in [0.2, 0.25) is 0 Å². The first-order valence-corrected chi connectivity index (χ1v) is 2.53. The Kier molecular flexibility index (Phi) is 32.6. The molecule has 9 heavy (non-hydrogen) atoms. The first-order valence-electron chi connectivity index (χ1n) is 1.00. The maximum absolute atomic E-state index is 9.35. The second kappa shape index (κ2) is 12.6. The Bertz CT molecular complexity index is 97.8.